The Morgan fingerprint density at radius 2 is 1.57 bits per heavy atom. The Morgan fingerprint density at radius 1 is 0.783 bits per heavy atom. The minimum Gasteiger partial charge on any atom is -0.301 e. The van der Waals surface area contributed by atoms with Crippen molar-refractivity contribution in [3.63, 3.8) is 0 Å². The molecule has 0 bridgehead atoms. The van der Waals surface area contributed by atoms with Gasteiger partial charge in [0.05, 0.1) is 5.52 Å². The third-order valence-electron chi connectivity index (χ3n) is 4.26. The molecule has 5 aromatic rings. The minimum absolute atomic E-state index is 1.11. The van der Waals surface area contributed by atoms with Gasteiger partial charge in [0.25, 0.3) is 0 Å². The van der Waals surface area contributed by atoms with Crippen LogP contribution in [0, 0.1) is 0 Å². The minimum atomic E-state index is 1.11. The van der Waals surface area contributed by atoms with Crippen molar-refractivity contribution >= 4 is 58.5 Å². The molecule has 3 heteroatoms. The third kappa shape index (κ3) is 1.90. The van der Waals surface area contributed by atoms with Gasteiger partial charge in [0, 0.05) is 31.0 Å². The maximum absolute atomic E-state index is 3.62. The number of fused-ring (bicyclic) bond motifs is 5. The van der Waals surface area contributed by atoms with E-state index in [1.54, 1.807) is 0 Å². The molecule has 0 aliphatic rings. The van der Waals surface area contributed by atoms with E-state index in [1.165, 1.54) is 36.9 Å². The summed E-state index contributed by atoms with van der Waals surface area (Å²) < 4.78 is 4.82. The van der Waals surface area contributed by atoms with Gasteiger partial charge in [-0.2, -0.15) is 0 Å². The lowest BCUT2D eigenvalue weighted by atomic mass is 10.1. The number of hydrogen-bond donors (Lipinski definition) is 0. The van der Waals surface area contributed by atoms with Gasteiger partial charge in [-0.3, -0.25) is 0 Å². The first-order chi connectivity index (χ1) is 11.3. The number of halogens is 1. The van der Waals surface area contributed by atoms with E-state index in [4.69, 9.17) is 0 Å². The van der Waals surface area contributed by atoms with Gasteiger partial charge in [-0.25, -0.2) is 0 Å². The summed E-state index contributed by atoms with van der Waals surface area (Å²) in [6.45, 7) is 0. The molecule has 0 aliphatic heterocycles. The summed E-state index contributed by atoms with van der Waals surface area (Å²) in [5.41, 5.74) is 2.45. The van der Waals surface area contributed by atoms with Crippen LogP contribution in [0.25, 0.3) is 36.9 Å². The lowest BCUT2D eigenvalue weighted by Crippen LogP contribution is -1.91. The van der Waals surface area contributed by atoms with Crippen molar-refractivity contribution in [3.05, 3.63) is 77.3 Å². The fourth-order valence-corrected chi connectivity index (χ4v) is 4.90. The van der Waals surface area contributed by atoms with Gasteiger partial charge in [0.15, 0.2) is 0 Å². The predicted molar refractivity (Wildman–Crippen MR) is 104 cm³/mol. The molecule has 23 heavy (non-hydrogen) atoms. The number of nitrogens with zero attached hydrogens (tertiary/aromatic N) is 1. The summed E-state index contributed by atoms with van der Waals surface area (Å²) >= 11 is 5.49. The Balaban J connectivity index is 2.06. The first-order valence-electron chi connectivity index (χ1n) is 7.49. The lowest BCUT2D eigenvalue weighted by molar-refractivity contribution is 1.19. The van der Waals surface area contributed by atoms with Crippen molar-refractivity contribution in [3.8, 4) is 5.69 Å². The van der Waals surface area contributed by atoms with Crippen LogP contribution >= 0.6 is 27.3 Å². The van der Waals surface area contributed by atoms with Gasteiger partial charge < -0.3 is 4.57 Å². The van der Waals surface area contributed by atoms with Gasteiger partial charge in [-0.15, -0.1) is 11.3 Å². The predicted octanol–water partition coefficient (Wildman–Crippen LogP) is 6.76. The van der Waals surface area contributed by atoms with E-state index in [1.807, 2.05) is 11.3 Å². The van der Waals surface area contributed by atoms with Gasteiger partial charge in [-0.1, -0.05) is 58.4 Å². The molecule has 5 rings (SSSR count). The maximum atomic E-state index is 3.62. The van der Waals surface area contributed by atoms with E-state index in [-0.39, 0.29) is 0 Å². The number of para-hydroxylation sites is 1. The quantitative estimate of drug-likeness (QED) is 0.304. The highest BCUT2D eigenvalue weighted by molar-refractivity contribution is 9.10. The highest BCUT2D eigenvalue weighted by Gasteiger charge is 2.17. The molecular weight excluding hydrogens is 366 g/mol. The third-order valence-corrected chi connectivity index (χ3v) is 5.91. The monoisotopic (exact) mass is 377 g/mol. The highest BCUT2D eigenvalue weighted by Crippen LogP contribution is 2.42. The molecule has 0 unspecified atom stereocenters. The Morgan fingerprint density at radius 3 is 2.43 bits per heavy atom. The molecule has 110 valence electrons. The molecule has 0 fully saturated rings. The topological polar surface area (TPSA) is 4.93 Å². The van der Waals surface area contributed by atoms with Gasteiger partial charge in [0.1, 0.15) is 4.83 Å². The zero-order chi connectivity index (χ0) is 15.4. The van der Waals surface area contributed by atoms with Crippen molar-refractivity contribution in [2.45, 2.75) is 0 Å². The van der Waals surface area contributed by atoms with Crippen molar-refractivity contribution < 1.29 is 0 Å². The van der Waals surface area contributed by atoms with E-state index in [9.17, 15) is 0 Å². The van der Waals surface area contributed by atoms with Crippen LogP contribution in [0.1, 0.15) is 0 Å². The van der Waals surface area contributed by atoms with Crippen LogP contribution in [0.3, 0.4) is 0 Å². The summed E-state index contributed by atoms with van der Waals surface area (Å²) in [5.74, 6) is 0. The second kappa shape index (κ2) is 4.95. The van der Waals surface area contributed by atoms with Crippen molar-refractivity contribution in [2.75, 3.05) is 0 Å². The number of aromatic nitrogens is 1. The fraction of sp³-hybridized carbons (Fsp3) is 0. The normalized spacial score (nSPS) is 11.7. The molecule has 3 aromatic carbocycles. The van der Waals surface area contributed by atoms with Crippen LogP contribution in [0.15, 0.2) is 77.3 Å². The Hall–Kier alpha value is -2.10. The van der Waals surface area contributed by atoms with Crippen LogP contribution < -0.4 is 0 Å². The molecule has 1 nitrogen and oxygen atoms in total. The van der Waals surface area contributed by atoms with Crippen LogP contribution in [0.2, 0.25) is 0 Å². The Kier molecular flexibility index (Phi) is 2.87. The average Bonchev–Trinajstić information content (AvgIpc) is 3.09. The molecular formula is C20H12BrNS. The lowest BCUT2D eigenvalue weighted by Gasteiger charge is -2.06. The smallest absolute Gasteiger partial charge is 0.109 e. The van der Waals surface area contributed by atoms with E-state index in [0.29, 0.717) is 0 Å². The van der Waals surface area contributed by atoms with E-state index in [0.717, 1.165) is 4.47 Å². The van der Waals surface area contributed by atoms with Crippen molar-refractivity contribution in [1.82, 2.24) is 4.57 Å². The Labute approximate surface area is 145 Å². The summed E-state index contributed by atoms with van der Waals surface area (Å²) in [4.78, 5) is 1.31. The van der Waals surface area contributed by atoms with Crippen molar-refractivity contribution in [2.24, 2.45) is 0 Å². The van der Waals surface area contributed by atoms with Crippen LogP contribution in [0.5, 0.6) is 0 Å². The van der Waals surface area contributed by atoms with E-state index < -0.39 is 0 Å². The first-order valence-corrected chi connectivity index (χ1v) is 9.10. The summed E-state index contributed by atoms with van der Waals surface area (Å²) in [7, 11) is 0. The van der Waals surface area contributed by atoms with E-state index >= 15 is 0 Å². The summed E-state index contributed by atoms with van der Waals surface area (Å²) in [5, 5.41) is 4.01. The molecule has 0 N–H and O–H groups in total. The Bertz CT molecular complexity index is 1170. The molecule has 0 saturated heterocycles. The standard InChI is InChI=1S/C20H12BrNS/c21-13-10-11-15-17(12-13)22(14-6-2-1-3-7-14)20-19(15)16-8-4-5-9-18(16)23-20/h1-12H. The van der Waals surface area contributed by atoms with Crippen LogP contribution in [0.4, 0.5) is 0 Å². The first kappa shape index (κ1) is 13.3. The zero-order valence-electron chi connectivity index (χ0n) is 12.2. The van der Waals surface area contributed by atoms with Gasteiger partial charge >= 0.3 is 0 Å². The van der Waals surface area contributed by atoms with Gasteiger partial charge in [-0.05, 0) is 30.3 Å². The fourth-order valence-electron chi connectivity index (χ4n) is 3.29. The number of benzene rings is 3. The molecule has 0 amide bonds. The molecule has 2 aromatic heterocycles. The average molecular weight is 378 g/mol. The van der Waals surface area contributed by atoms with E-state index in [2.05, 4.69) is 93.3 Å². The van der Waals surface area contributed by atoms with Crippen LogP contribution in [-0.4, -0.2) is 4.57 Å². The second-order valence-corrected chi connectivity index (χ2v) is 7.56. The largest absolute Gasteiger partial charge is 0.301 e. The molecule has 0 saturated carbocycles. The molecule has 0 atom stereocenters. The molecule has 0 radical (unpaired) electrons. The number of hydrogen-bond acceptors (Lipinski definition) is 1. The number of thiophene rings is 1. The van der Waals surface area contributed by atoms with Crippen molar-refractivity contribution in [1.29, 1.82) is 0 Å². The van der Waals surface area contributed by atoms with Gasteiger partial charge in [0.2, 0.25) is 0 Å². The summed E-state index contributed by atoms with van der Waals surface area (Å²) in [6.07, 6.45) is 0. The molecule has 0 aliphatic carbocycles. The highest BCUT2D eigenvalue weighted by atomic mass is 79.9. The second-order valence-electron chi connectivity index (χ2n) is 5.61. The molecule has 0 spiro atoms. The maximum Gasteiger partial charge on any atom is 0.109 e. The number of rotatable bonds is 1. The SMILES string of the molecule is Brc1ccc2c3c4ccccc4sc3n(-c3ccccc3)c2c1. The molecule has 2 heterocycles. The summed E-state index contributed by atoms with van der Waals surface area (Å²) in [6, 6.07) is 25.8. The zero-order valence-corrected chi connectivity index (χ0v) is 14.6. The van der Waals surface area contributed by atoms with Crippen LogP contribution in [-0.2, 0) is 0 Å².